The zero-order chi connectivity index (χ0) is 25.6. The Morgan fingerprint density at radius 1 is 0.972 bits per heavy atom. The van der Waals surface area contributed by atoms with Crippen molar-refractivity contribution in [2.75, 3.05) is 13.1 Å². The van der Waals surface area contributed by atoms with Crippen LogP contribution >= 0.6 is 22.7 Å². The summed E-state index contributed by atoms with van der Waals surface area (Å²) >= 11 is 2.75. The Kier molecular flexibility index (Phi) is 6.12. The third-order valence-corrected chi connectivity index (χ3v) is 8.02. The normalized spacial score (nSPS) is 15.1. The summed E-state index contributed by atoms with van der Waals surface area (Å²) in [5, 5.41) is 3.99. The molecule has 0 radical (unpaired) electrons. The molecule has 0 aromatic carbocycles. The van der Waals surface area contributed by atoms with Crippen LogP contribution in [0.5, 0.6) is 0 Å². The molecule has 0 bridgehead atoms. The Hall–Kier alpha value is -3.58. The Morgan fingerprint density at radius 3 is 2.28 bits per heavy atom. The molecule has 2 amide bonds. The van der Waals surface area contributed by atoms with Crippen molar-refractivity contribution in [3.05, 3.63) is 54.2 Å². The number of fused-ring (bicyclic) bond motifs is 6. The summed E-state index contributed by atoms with van der Waals surface area (Å²) in [6.45, 7) is 7.17. The highest BCUT2D eigenvalue weighted by Gasteiger charge is 2.29. The van der Waals surface area contributed by atoms with Crippen LogP contribution in [0.1, 0.15) is 46.4 Å². The predicted octanol–water partition coefficient (Wildman–Crippen LogP) is 2.55. The van der Waals surface area contributed by atoms with Gasteiger partial charge in [-0.1, -0.05) is 0 Å². The van der Waals surface area contributed by atoms with Crippen molar-refractivity contribution < 1.29 is 14.3 Å². The average molecular weight is 529 g/mol. The standard InChI is InChI=1S/C14H17N3O3S.C9H7N3O2S/c1-14(2,3)20-13(19)17-5-4-8-9(6-17)21-12-10(8)11(18)15-7-16-12;13-7-5-4-1-2-10-8(14)6(4)15-9(5)12-3-11-7/h7H,4-6H2,1-3H3,(H,15,16,18);3H,1-2H2,(H,10,14)(H,11,12,13). The number of carbonyl (C=O) groups excluding carboxylic acids is 2. The molecule has 0 spiro atoms. The fourth-order valence-corrected chi connectivity index (χ4v) is 6.53. The van der Waals surface area contributed by atoms with E-state index in [1.807, 2.05) is 20.8 Å². The first-order valence-electron chi connectivity index (χ1n) is 11.4. The topological polar surface area (TPSA) is 150 Å². The lowest BCUT2D eigenvalue weighted by Crippen LogP contribution is -2.39. The van der Waals surface area contributed by atoms with E-state index in [-0.39, 0.29) is 23.1 Å². The van der Waals surface area contributed by atoms with Gasteiger partial charge < -0.3 is 24.9 Å². The second kappa shape index (κ2) is 9.13. The van der Waals surface area contributed by atoms with Gasteiger partial charge in [-0.2, -0.15) is 0 Å². The van der Waals surface area contributed by atoms with Crippen LogP contribution < -0.4 is 16.4 Å². The summed E-state index contributed by atoms with van der Waals surface area (Å²) in [7, 11) is 0. The number of hydrogen-bond donors (Lipinski definition) is 3. The lowest BCUT2D eigenvalue weighted by molar-refractivity contribution is 0.0227. The minimum absolute atomic E-state index is 0.0985. The molecule has 13 heteroatoms. The quantitative estimate of drug-likeness (QED) is 0.317. The van der Waals surface area contributed by atoms with Crippen LogP contribution in [-0.2, 0) is 24.1 Å². The van der Waals surface area contributed by atoms with Crippen molar-refractivity contribution in [2.45, 2.75) is 45.8 Å². The summed E-state index contributed by atoms with van der Waals surface area (Å²) in [6, 6.07) is 0. The number of hydrogen-bond acceptors (Lipinski definition) is 9. The van der Waals surface area contributed by atoms with E-state index in [2.05, 4.69) is 25.3 Å². The van der Waals surface area contributed by atoms with E-state index in [1.165, 1.54) is 35.3 Å². The molecule has 6 rings (SSSR count). The van der Waals surface area contributed by atoms with Crippen molar-refractivity contribution in [2.24, 2.45) is 0 Å². The van der Waals surface area contributed by atoms with Crippen LogP contribution in [-0.4, -0.2) is 55.5 Å². The highest BCUT2D eigenvalue weighted by atomic mass is 32.1. The van der Waals surface area contributed by atoms with Crippen LogP contribution in [0, 0.1) is 0 Å². The van der Waals surface area contributed by atoms with Crippen molar-refractivity contribution >= 4 is 55.1 Å². The van der Waals surface area contributed by atoms with E-state index < -0.39 is 5.60 Å². The number of amides is 2. The molecule has 0 saturated heterocycles. The lowest BCUT2D eigenvalue weighted by Gasteiger charge is -2.29. The van der Waals surface area contributed by atoms with Gasteiger partial charge in [0.1, 0.15) is 15.3 Å². The van der Waals surface area contributed by atoms with Gasteiger partial charge in [0.25, 0.3) is 17.0 Å². The van der Waals surface area contributed by atoms with Gasteiger partial charge in [0.05, 0.1) is 34.8 Å². The van der Waals surface area contributed by atoms with Crippen LogP contribution in [0.3, 0.4) is 0 Å². The lowest BCUT2D eigenvalue weighted by atomic mass is 10.1. The molecule has 4 aromatic heterocycles. The molecule has 3 N–H and O–H groups in total. The van der Waals surface area contributed by atoms with Crippen molar-refractivity contribution in [3.8, 4) is 0 Å². The first kappa shape index (κ1) is 24.1. The molecular weight excluding hydrogens is 504 g/mol. The van der Waals surface area contributed by atoms with Crippen molar-refractivity contribution in [3.63, 3.8) is 0 Å². The van der Waals surface area contributed by atoms with E-state index in [4.69, 9.17) is 4.74 Å². The Balaban J connectivity index is 0.000000156. The number of thiophene rings is 2. The Bertz CT molecular complexity index is 1610. The first-order chi connectivity index (χ1) is 17.1. The Labute approximate surface area is 212 Å². The molecule has 2 aliphatic rings. The molecule has 188 valence electrons. The summed E-state index contributed by atoms with van der Waals surface area (Å²) in [4.78, 5) is 65.3. The molecule has 2 aliphatic heterocycles. The number of aromatic nitrogens is 4. The van der Waals surface area contributed by atoms with E-state index in [9.17, 15) is 19.2 Å². The highest BCUT2D eigenvalue weighted by molar-refractivity contribution is 7.20. The van der Waals surface area contributed by atoms with Crippen LogP contribution in [0.2, 0.25) is 0 Å². The minimum Gasteiger partial charge on any atom is -0.444 e. The molecular formula is C23H24N6O5S2. The number of rotatable bonds is 0. The molecule has 36 heavy (non-hydrogen) atoms. The number of aromatic amines is 2. The highest BCUT2D eigenvalue weighted by Crippen LogP contribution is 2.32. The van der Waals surface area contributed by atoms with Gasteiger partial charge in [0.2, 0.25) is 0 Å². The number of H-pyrrole nitrogens is 2. The third-order valence-electron chi connectivity index (χ3n) is 5.75. The maximum Gasteiger partial charge on any atom is 0.410 e. The smallest absolute Gasteiger partial charge is 0.410 e. The molecule has 0 aliphatic carbocycles. The zero-order valence-electron chi connectivity index (χ0n) is 19.9. The van der Waals surface area contributed by atoms with E-state index in [1.54, 1.807) is 4.90 Å². The summed E-state index contributed by atoms with van der Waals surface area (Å²) < 4.78 is 5.40. The van der Waals surface area contributed by atoms with E-state index >= 15 is 0 Å². The molecule has 11 nitrogen and oxygen atoms in total. The predicted molar refractivity (Wildman–Crippen MR) is 137 cm³/mol. The van der Waals surface area contributed by atoms with Gasteiger partial charge in [0.15, 0.2) is 0 Å². The third kappa shape index (κ3) is 4.51. The van der Waals surface area contributed by atoms with Crippen LogP contribution in [0.25, 0.3) is 20.4 Å². The van der Waals surface area contributed by atoms with E-state index in [0.29, 0.717) is 53.0 Å². The number of nitrogens with zero attached hydrogens (tertiary/aromatic N) is 3. The fraction of sp³-hybridized carbons (Fsp3) is 0.391. The number of ether oxygens (including phenoxy) is 1. The summed E-state index contributed by atoms with van der Waals surface area (Å²) in [5.41, 5.74) is 1.09. The van der Waals surface area contributed by atoms with Gasteiger partial charge in [-0.3, -0.25) is 14.4 Å². The molecule has 0 unspecified atom stereocenters. The van der Waals surface area contributed by atoms with Crippen molar-refractivity contribution in [1.29, 1.82) is 0 Å². The first-order valence-corrected chi connectivity index (χ1v) is 13.0. The van der Waals surface area contributed by atoms with Gasteiger partial charge >= 0.3 is 6.09 Å². The SMILES string of the molecule is CC(C)(C)OC(=O)N1CCc2c(sc3nc[nH]c(=O)c23)C1.O=C1NCCc2c1sc1nc[nH]c(=O)c21. The summed E-state index contributed by atoms with van der Waals surface area (Å²) in [5.74, 6) is -0.0985. The maximum atomic E-state index is 12.1. The second-order valence-electron chi connectivity index (χ2n) is 9.39. The van der Waals surface area contributed by atoms with Gasteiger partial charge in [-0.05, 0) is 44.7 Å². The Morgan fingerprint density at radius 2 is 1.61 bits per heavy atom. The fourth-order valence-electron chi connectivity index (χ4n) is 4.22. The monoisotopic (exact) mass is 528 g/mol. The molecule has 0 saturated carbocycles. The van der Waals surface area contributed by atoms with Gasteiger partial charge in [0, 0.05) is 18.0 Å². The second-order valence-corrected chi connectivity index (χ2v) is 11.5. The van der Waals surface area contributed by atoms with Crippen molar-refractivity contribution in [1.82, 2.24) is 30.2 Å². The van der Waals surface area contributed by atoms with Crippen LogP contribution in [0.15, 0.2) is 22.2 Å². The maximum absolute atomic E-state index is 12.1. The molecule has 4 aromatic rings. The summed E-state index contributed by atoms with van der Waals surface area (Å²) in [6.07, 6.45) is 3.83. The largest absolute Gasteiger partial charge is 0.444 e. The van der Waals surface area contributed by atoms with Gasteiger partial charge in [-0.25, -0.2) is 14.8 Å². The number of nitrogens with one attached hydrogen (secondary N) is 3. The zero-order valence-corrected chi connectivity index (χ0v) is 21.5. The van der Waals surface area contributed by atoms with Gasteiger partial charge in [-0.15, -0.1) is 22.7 Å². The molecule has 0 atom stereocenters. The van der Waals surface area contributed by atoms with Crippen LogP contribution in [0.4, 0.5) is 4.79 Å². The average Bonchev–Trinajstić information content (AvgIpc) is 3.38. The molecule has 0 fully saturated rings. The molecule has 6 heterocycles. The van der Waals surface area contributed by atoms with E-state index in [0.717, 1.165) is 20.8 Å². The number of carbonyl (C=O) groups is 2. The minimum atomic E-state index is -0.504.